The molecule has 0 saturated heterocycles. The lowest BCUT2D eigenvalue weighted by atomic mass is 10.0. The first-order valence-electron chi connectivity index (χ1n) is 5.61. The standard InChI is InChI=1S/C14H16O4/c1-10(2)3-8-13(15)11-4-6-12(7-5-11)18-9-14(16)17/h4-7H,1,3,8-9H2,2H3,(H,16,17). The average Bonchev–Trinajstić information content (AvgIpc) is 2.34. The molecule has 0 radical (unpaired) electrons. The number of carboxylic acids is 1. The van der Waals surface area contributed by atoms with Crippen molar-refractivity contribution in [1.29, 1.82) is 0 Å². The van der Waals surface area contributed by atoms with Crippen molar-refractivity contribution in [3.05, 3.63) is 42.0 Å². The third-order valence-corrected chi connectivity index (χ3v) is 2.32. The van der Waals surface area contributed by atoms with Crippen LogP contribution in [-0.2, 0) is 4.79 Å². The molecule has 0 aliphatic heterocycles. The van der Waals surface area contributed by atoms with Crippen LogP contribution < -0.4 is 4.74 Å². The lowest BCUT2D eigenvalue weighted by Crippen LogP contribution is -2.09. The third-order valence-electron chi connectivity index (χ3n) is 2.32. The van der Waals surface area contributed by atoms with E-state index in [0.29, 0.717) is 24.2 Å². The molecule has 0 atom stereocenters. The molecule has 0 saturated carbocycles. The third kappa shape index (κ3) is 4.82. The fourth-order valence-electron chi connectivity index (χ4n) is 1.35. The second kappa shape index (κ2) is 6.59. The van der Waals surface area contributed by atoms with E-state index in [1.807, 2.05) is 6.92 Å². The summed E-state index contributed by atoms with van der Waals surface area (Å²) in [7, 11) is 0. The molecule has 4 nitrogen and oxygen atoms in total. The molecule has 0 bridgehead atoms. The highest BCUT2D eigenvalue weighted by Gasteiger charge is 2.06. The minimum atomic E-state index is -1.03. The van der Waals surface area contributed by atoms with Crippen LogP contribution in [0.25, 0.3) is 0 Å². The predicted octanol–water partition coefficient (Wildman–Crippen LogP) is 2.69. The van der Waals surface area contributed by atoms with Crippen LogP contribution in [0.5, 0.6) is 5.75 Å². The van der Waals surface area contributed by atoms with Crippen LogP contribution in [-0.4, -0.2) is 23.5 Å². The second-order valence-electron chi connectivity index (χ2n) is 4.09. The van der Waals surface area contributed by atoms with Crippen molar-refractivity contribution in [3.63, 3.8) is 0 Å². The van der Waals surface area contributed by atoms with E-state index >= 15 is 0 Å². The van der Waals surface area contributed by atoms with E-state index < -0.39 is 5.97 Å². The van der Waals surface area contributed by atoms with Crippen molar-refractivity contribution in [2.45, 2.75) is 19.8 Å². The number of carbonyl (C=O) groups is 2. The molecule has 0 fully saturated rings. The van der Waals surface area contributed by atoms with Crippen molar-refractivity contribution >= 4 is 11.8 Å². The van der Waals surface area contributed by atoms with Crippen LogP contribution >= 0.6 is 0 Å². The smallest absolute Gasteiger partial charge is 0.341 e. The van der Waals surface area contributed by atoms with E-state index in [-0.39, 0.29) is 12.4 Å². The van der Waals surface area contributed by atoms with Crippen LogP contribution in [0.2, 0.25) is 0 Å². The Morgan fingerprint density at radius 3 is 2.33 bits per heavy atom. The quantitative estimate of drug-likeness (QED) is 0.595. The van der Waals surface area contributed by atoms with Gasteiger partial charge in [0.1, 0.15) is 5.75 Å². The Morgan fingerprint density at radius 2 is 1.83 bits per heavy atom. The Hall–Kier alpha value is -2.10. The number of benzene rings is 1. The van der Waals surface area contributed by atoms with Gasteiger partial charge in [0.25, 0.3) is 0 Å². The number of hydrogen-bond acceptors (Lipinski definition) is 3. The Labute approximate surface area is 106 Å². The van der Waals surface area contributed by atoms with Crippen LogP contribution in [0.4, 0.5) is 0 Å². The normalized spacial score (nSPS) is 9.83. The topological polar surface area (TPSA) is 63.6 Å². The maximum Gasteiger partial charge on any atom is 0.341 e. The van der Waals surface area contributed by atoms with E-state index in [1.54, 1.807) is 24.3 Å². The molecule has 18 heavy (non-hydrogen) atoms. The Bertz CT molecular complexity index is 445. The van der Waals surface area contributed by atoms with Crippen molar-refractivity contribution in [2.75, 3.05) is 6.61 Å². The number of hydrogen-bond donors (Lipinski definition) is 1. The average molecular weight is 248 g/mol. The minimum Gasteiger partial charge on any atom is -0.482 e. The summed E-state index contributed by atoms with van der Waals surface area (Å²) in [5.74, 6) is -0.548. The molecule has 1 aromatic carbocycles. The molecule has 0 aliphatic rings. The van der Waals surface area contributed by atoms with Gasteiger partial charge in [-0.05, 0) is 37.6 Å². The van der Waals surface area contributed by atoms with Crippen LogP contribution in [0.1, 0.15) is 30.1 Å². The number of allylic oxidation sites excluding steroid dienone is 1. The van der Waals surface area contributed by atoms with Crippen molar-refractivity contribution in [3.8, 4) is 5.75 Å². The predicted molar refractivity (Wildman–Crippen MR) is 68.0 cm³/mol. The highest BCUT2D eigenvalue weighted by Crippen LogP contribution is 2.14. The van der Waals surface area contributed by atoms with Gasteiger partial charge in [-0.15, -0.1) is 6.58 Å². The fraction of sp³-hybridized carbons (Fsp3) is 0.286. The lowest BCUT2D eigenvalue weighted by molar-refractivity contribution is -0.139. The van der Waals surface area contributed by atoms with Gasteiger partial charge in [0.05, 0.1) is 0 Å². The molecule has 0 aromatic heterocycles. The highest BCUT2D eigenvalue weighted by atomic mass is 16.5. The number of Topliss-reactive ketones (excluding diaryl/α,β-unsaturated/α-hetero) is 1. The zero-order chi connectivity index (χ0) is 13.5. The molecule has 0 amide bonds. The molecule has 4 heteroatoms. The molecule has 0 spiro atoms. The van der Waals surface area contributed by atoms with Crippen LogP contribution in [0.15, 0.2) is 36.4 Å². The summed E-state index contributed by atoms with van der Waals surface area (Å²) in [6.45, 7) is 5.25. The minimum absolute atomic E-state index is 0.0442. The van der Waals surface area contributed by atoms with Gasteiger partial charge in [0, 0.05) is 12.0 Å². The number of carbonyl (C=O) groups excluding carboxylic acids is 1. The van der Waals surface area contributed by atoms with Gasteiger partial charge < -0.3 is 9.84 Å². The van der Waals surface area contributed by atoms with Crippen LogP contribution in [0.3, 0.4) is 0 Å². The highest BCUT2D eigenvalue weighted by molar-refractivity contribution is 5.96. The number of rotatable bonds is 7. The molecule has 0 aliphatic carbocycles. The van der Waals surface area contributed by atoms with Gasteiger partial charge in [-0.3, -0.25) is 4.79 Å². The summed E-state index contributed by atoms with van der Waals surface area (Å²) >= 11 is 0. The van der Waals surface area contributed by atoms with E-state index in [4.69, 9.17) is 9.84 Å². The molecule has 1 N–H and O–H groups in total. The van der Waals surface area contributed by atoms with E-state index in [0.717, 1.165) is 5.57 Å². The maximum atomic E-state index is 11.8. The summed E-state index contributed by atoms with van der Waals surface area (Å²) < 4.78 is 4.98. The van der Waals surface area contributed by atoms with Crippen molar-refractivity contribution in [2.24, 2.45) is 0 Å². The Kier molecular flexibility index (Phi) is 5.11. The SMILES string of the molecule is C=C(C)CCC(=O)c1ccc(OCC(=O)O)cc1. The first-order chi connectivity index (χ1) is 8.49. The van der Waals surface area contributed by atoms with E-state index in [2.05, 4.69) is 6.58 Å². The number of carboxylic acid groups (broad SMARTS) is 1. The van der Waals surface area contributed by atoms with Gasteiger partial charge in [0.2, 0.25) is 0 Å². The lowest BCUT2D eigenvalue weighted by Gasteiger charge is -2.04. The molecule has 1 aromatic rings. The number of ketones is 1. The largest absolute Gasteiger partial charge is 0.482 e. The summed E-state index contributed by atoms with van der Waals surface area (Å²) in [6, 6.07) is 6.46. The molecule has 0 heterocycles. The molecule has 96 valence electrons. The maximum absolute atomic E-state index is 11.8. The molecular weight excluding hydrogens is 232 g/mol. The first-order valence-corrected chi connectivity index (χ1v) is 5.61. The zero-order valence-electron chi connectivity index (χ0n) is 10.3. The van der Waals surface area contributed by atoms with Gasteiger partial charge >= 0.3 is 5.97 Å². The second-order valence-corrected chi connectivity index (χ2v) is 4.09. The molecular formula is C14H16O4. The summed E-state index contributed by atoms with van der Waals surface area (Å²) in [5, 5.41) is 8.45. The summed E-state index contributed by atoms with van der Waals surface area (Å²) in [6.07, 6.45) is 1.11. The monoisotopic (exact) mass is 248 g/mol. The number of ether oxygens (including phenoxy) is 1. The summed E-state index contributed by atoms with van der Waals surface area (Å²) in [5.41, 5.74) is 1.57. The van der Waals surface area contributed by atoms with Crippen molar-refractivity contribution in [1.82, 2.24) is 0 Å². The summed E-state index contributed by atoms with van der Waals surface area (Å²) in [4.78, 5) is 22.1. The van der Waals surface area contributed by atoms with Gasteiger partial charge in [0.15, 0.2) is 12.4 Å². The molecule has 1 rings (SSSR count). The fourth-order valence-corrected chi connectivity index (χ4v) is 1.35. The molecule has 0 unspecified atom stereocenters. The zero-order valence-corrected chi connectivity index (χ0v) is 10.3. The number of aliphatic carboxylic acids is 1. The van der Waals surface area contributed by atoms with Gasteiger partial charge in [-0.2, -0.15) is 0 Å². The Morgan fingerprint density at radius 1 is 1.22 bits per heavy atom. The Balaban J connectivity index is 2.56. The van der Waals surface area contributed by atoms with Crippen LogP contribution in [0, 0.1) is 0 Å². The van der Waals surface area contributed by atoms with E-state index in [1.165, 1.54) is 0 Å². The van der Waals surface area contributed by atoms with Gasteiger partial charge in [-0.1, -0.05) is 5.57 Å². The van der Waals surface area contributed by atoms with Crippen molar-refractivity contribution < 1.29 is 19.4 Å². The van der Waals surface area contributed by atoms with Gasteiger partial charge in [-0.25, -0.2) is 4.79 Å². The first kappa shape index (κ1) is 14.0. The van der Waals surface area contributed by atoms with E-state index in [9.17, 15) is 9.59 Å².